The maximum Gasteiger partial charge on any atom is 0.427 e. The number of benzene rings is 1. The van der Waals surface area contributed by atoms with E-state index in [0.29, 0.717) is 74.8 Å². The van der Waals surface area contributed by atoms with Crippen LogP contribution in [0.3, 0.4) is 0 Å². The fourth-order valence-electron chi connectivity index (χ4n) is 7.88. The van der Waals surface area contributed by atoms with Crippen molar-refractivity contribution in [2.45, 2.75) is 127 Å². The van der Waals surface area contributed by atoms with Gasteiger partial charge in [-0.15, -0.1) is 0 Å². The zero-order valence-corrected chi connectivity index (χ0v) is 35.6. The van der Waals surface area contributed by atoms with E-state index in [2.05, 4.69) is 20.3 Å². The molecule has 1 aromatic carbocycles. The predicted octanol–water partition coefficient (Wildman–Crippen LogP) is 5.31. The Bertz CT molecular complexity index is 2150. The number of hydrogen-bond donors (Lipinski definition) is 3. The molecule has 2 aromatic rings. The van der Waals surface area contributed by atoms with Gasteiger partial charge in [0.1, 0.15) is 35.2 Å². The summed E-state index contributed by atoms with van der Waals surface area (Å²) < 4.78 is 91.3. The first-order valence-electron chi connectivity index (χ1n) is 20.2. The van der Waals surface area contributed by atoms with Crippen molar-refractivity contribution in [3.63, 3.8) is 0 Å². The summed E-state index contributed by atoms with van der Waals surface area (Å²) in [4.78, 5) is 62.1. The topological polar surface area (TPSA) is 192 Å². The van der Waals surface area contributed by atoms with Crippen molar-refractivity contribution in [2.75, 3.05) is 20.3 Å². The molecule has 3 heterocycles. The zero-order valence-electron chi connectivity index (χ0n) is 34.8. The lowest BCUT2D eigenvalue weighted by Gasteiger charge is -2.34. The molecule has 1 saturated heterocycles. The summed E-state index contributed by atoms with van der Waals surface area (Å²) in [5.41, 5.74) is -4.55. The second-order valence-electron chi connectivity index (χ2n) is 17.3. The average molecular weight is 866 g/mol. The molecule has 19 heteroatoms. The standard InChI is InChI=1S/C41H54F3N5O10S/c1-8-57-26-13-14-28-29(18-26)31(56-7)21-45-34(28)58-27-19-30-33(50)47-40(36(52)48-60(54,55)39(6)15-16-39)20-25(40)12-10-9-11-23(2)17-24(3)32(35(51)49(30)22-27)46-37(53)59-38(4,5)41(42,43)44/h10,12-14,18,21,23-25,27,30,32H,8-9,11,15-17,19-20,22H2,1-7H3,(H,46,53)(H,47,50)(H,48,52)/b12-10-/t23-,24+,25+,27+,30-,32-,40+/m0/s1. The Balaban J connectivity index is 1.36. The van der Waals surface area contributed by atoms with Crippen LogP contribution < -0.4 is 29.6 Å². The van der Waals surface area contributed by atoms with Gasteiger partial charge in [-0.25, -0.2) is 18.2 Å². The first-order chi connectivity index (χ1) is 28.0. The third-order valence-electron chi connectivity index (χ3n) is 12.1. The number of fused-ring (bicyclic) bond motifs is 3. The SMILES string of the molecule is CCOc1ccc2c(O[C@@H]3C[C@H]4C(=O)N[C@]5(C(=O)NS(=O)(=O)C6(C)CC6)C[C@H]5/C=C\CC[C@H](C)C[C@@H](C)[C@H](NC(=O)OC(C)(C)C(F)(F)F)C(=O)N4C3)ncc(OC)c2c1. The van der Waals surface area contributed by atoms with Crippen LogP contribution in [0.5, 0.6) is 17.4 Å². The van der Waals surface area contributed by atoms with E-state index in [4.69, 9.17) is 18.9 Å². The summed E-state index contributed by atoms with van der Waals surface area (Å²) in [5.74, 6) is -2.60. The Morgan fingerprint density at radius 2 is 1.82 bits per heavy atom. The maximum absolute atomic E-state index is 14.8. The molecule has 2 aliphatic heterocycles. The van der Waals surface area contributed by atoms with E-state index in [0.717, 1.165) is 0 Å². The fraction of sp³-hybridized carbons (Fsp3) is 0.634. The highest BCUT2D eigenvalue weighted by Gasteiger charge is 2.63. The van der Waals surface area contributed by atoms with Gasteiger partial charge in [0, 0.05) is 23.1 Å². The molecule has 4 aliphatic rings. The van der Waals surface area contributed by atoms with Crippen molar-refractivity contribution in [3.05, 3.63) is 36.5 Å². The Kier molecular flexibility index (Phi) is 12.4. The molecule has 0 radical (unpaired) electrons. The summed E-state index contributed by atoms with van der Waals surface area (Å²) in [6.07, 6.45) is -0.00767. The summed E-state index contributed by atoms with van der Waals surface area (Å²) in [6, 6.07) is 2.42. The summed E-state index contributed by atoms with van der Waals surface area (Å²) >= 11 is 0. The molecule has 2 saturated carbocycles. The summed E-state index contributed by atoms with van der Waals surface area (Å²) in [6.45, 7) is 8.55. The summed E-state index contributed by atoms with van der Waals surface area (Å²) in [5, 5.41) is 6.32. The Morgan fingerprint density at radius 3 is 2.47 bits per heavy atom. The van der Waals surface area contributed by atoms with Gasteiger partial charge in [0.25, 0.3) is 5.91 Å². The minimum Gasteiger partial charge on any atom is -0.494 e. The Morgan fingerprint density at radius 1 is 1.10 bits per heavy atom. The monoisotopic (exact) mass is 865 g/mol. The number of nitrogens with one attached hydrogen (secondary N) is 3. The van der Waals surface area contributed by atoms with Crippen LogP contribution in [0.2, 0.25) is 0 Å². The second kappa shape index (κ2) is 16.6. The van der Waals surface area contributed by atoms with Crippen LogP contribution >= 0.6 is 0 Å². The van der Waals surface area contributed by atoms with Crippen LogP contribution in [-0.2, 0) is 29.1 Å². The lowest BCUT2D eigenvalue weighted by atomic mass is 9.88. The number of amides is 4. The molecule has 0 bridgehead atoms. The number of allylic oxidation sites excluding steroid dienone is 1. The quantitative estimate of drug-likeness (QED) is 0.262. The molecule has 3 N–H and O–H groups in total. The van der Waals surface area contributed by atoms with Gasteiger partial charge in [-0.1, -0.05) is 26.0 Å². The molecule has 1 aromatic heterocycles. The number of sulfonamides is 1. The number of rotatable bonds is 10. The van der Waals surface area contributed by atoms with Crippen LogP contribution in [0.4, 0.5) is 18.0 Å². The van der Waals surface area contributed by atoms with E-state index in [-0.39, 0.29) is 31.2 Å². The molecule has 3 fully saturated rings. The highest BCUT2D eigenvalue weighted by Crippen LogP contribution is 2.48. The highest BCUT2D eigenvalue weighted by molar-refractivity contribution is 7.91. The lowest BCUT2D eigenvalue weighted by Crippen LogP contribution is -2.59. The van der Waals surface area contributed by atoms with Crippen LogP contribution in [0.25, 0.3) is 10.8 Å². The van der Waals surface area contributed by atoms with Crippen molar-refractivity contribution in [3.8, 4) is 17.4 Å². The van der Waals surface area contributed by atoms with Crippen LogP contribution in [0, 0.1) is 17.8 Å². The molecule has 0 spiro atoms. The number of hydrogen-bond acceptors (Lipinski definition) is 11. The Hall–Kier alpha value is -4.81. The smallest absolute Gasteiger partial charge is 0.427 e. The van der Waals surface area contributed by atoms with Crippen molar-refractivity contribution < 1.29 is 59.7 Å². The number of halogens is 3. The minimum absolute atomic E-state index is 0.0471. The van der Waals surface area contributed by atoms with E-state index in [9.17, 15) is 40.8 Å². The van der Waals surface area contributed by atoms with Crippen LogP contribution in [0.15, 0.2) is 36.5 Å². The molecule has 60 heavy (non-hydrogen) atoms. The molecule has 4 amide bonds. The number of carbonyl (C=O) groups excluding carboxylic acids is 4. The number of alkyl halides is 3. The van der Waals surface area contributed by atoms with Crippen LogP contribution in [-0.4, -0.2) is 103 Å². The van der Waals surface area contributed by atoms with Crippen molar-refractivity contribution >= 4 is 44.6 Å². The van der Waals surface area contributed by atoms with Gasteiger partial charge < -0.3 is 34.5 Å². The number of alkyl carbamates (subject to hydrolysis) is 1. The molecule has 2 aliphatic carbocycles. The molecule has 330 valence electrons. The van der Waals surface area contributed by atoms with Gasteiger partial charge in [0.05, 0.1) is 31.2 Å². The number of nitrogens with zero attached hydrogens (tertiary/aromatic N) is 2. The number of ether oxygens (including phenoxy) is 4. The molecule has 0 unspecified atom stereocenters. The van der Waals surface area contributed by atoms with Gasteiger partial charge in [-0.05, 0) is 96.3 Å². The molecule has 6 rings (SSSR count). The van der Waals surface area contributed by atoms with E-state index >= 15 is 0 Å². The second-order valence-corrected chi connectivity index (χ2v) is 19.4. The van der Waals surface area contributed by atoms with Gasteiger partial charge in [-0.3, -0.25) is 19.1 Å². The normalized spacial score (nSPS) is 28.8. The Labute approximate surface area is 347 Å². The van der Waals surface area contributed by atoms with Crippen LogP contribution in [0.1, 0.15) is 86.5 Å². The van der Waals surface area contributed by atoms with Gasteiger partial charge in [-0.2, -0.15) is 13.2 Å². The van der Waals surface area contributed by atoms with Crippen molar-refractivity contribution in [1.29, 1.82) is 0 Å². The lowest BCUT2D eigenvalue weighted by molar-refractivity contribution is -0.244. The first kappa shape index (κ1) is 44.7. The van der Waals surface area contributed by atoms with E-state index < -0.39 is 85.9 Å². The van der Waals surface area contributed by atoms with E-state index in [1.807, 2.05) is 19.9 Å². The minimum atomic E-state index is -4.92. The molecular formula is C41H54F3N5O10S. The van der Waals surface area contributed by atoms with E-state index in [1.165, 1.54) is 25.1 Å². The molecule has 7 atom stereocenters. The maximum atomic E-state index is 14.8. The highest BCUT2D eigenvalue weighted by atomic mass is 32.2. The average Bonchev–Trinajstić information content (AvgIpc) is 4.04. The molecule has 15 nitrogen and oxygen atoms in total. The fourth-order valence-corrected chi connectivity index (χ4v) is 9.20. The van der Waals surface area contributed by atoms with Crippen molar-refractivity contribution in [1.82, 2.24) is 25.2 Å². The van der Waals surface area contributed by atoms with Gasteiger partial charge >= 0.3 is 12.3 Å². The first-order valence-corrected chi connectivity index (χ1v) is 21.7. The zero-order chi connectivity index (χ0) is 44.0. The molecular weight excluding hydrogens is 812 g/mol. The largest absolute Gasteiger partial charge is 0.494 e. The number of methoxy groups -OCH3 is 1. The third-order valence-corrected chi connectivity index (χ3v) is 14.3. The number of carbonyl (C=O) groups is 4. The number of aromatic nitrogens is 1. The summed E-state index contributed by atoms with van der Waals surface area (Å²) in [7, 11) is -2.61. The predicted molar refractivity (Wildman–Crippen MR) is 213 cm³/mol. The number of pyridine rings is 1. The van der Waals surface area contributed by atoms with Gasteiger partial charge in [0.15, 0.2) is 0 Å². The third kappa shape index (κ3) is 9.10. The van der Waals surface area contributed by atoms with E-state index in [1.54, 1.807) is 31.2 Å². The van der Waals surface area contributed by atoms with Gasteiger partial charge in [0.2, 0.25) is 33.3 Å². The van der Waals surface area contributed by atoms with Crippen molar-refractivity contribution in [2.24, 2.45) is 17.8 Å².